The summed E-state index contributed by atoms with van der Waals surface area (Å²) < 4.78 is 0. The fraction of sp³-hybridized carbons (Fsp3) is 0.917. The van der Waals surface area contributed by atoms with E-state index in [1.807, 2.05) is 11.8 Å². The first-order chi connectivity index (χ1) is 7.66. The lowest BCUT2D eigenvalue weighted by molar-refractivity contribution is -0.136. The van der Waals surface area contributed by atoms with Gasteiger partial charge in [0.1, 0.15) is 0 Å². The number of amides is 1. The molecule has 16 heavy (non-hydrogen) atoms. The van der Waals surface area contributed by atoms with Crippen LogP contribution < -0.4 is 5.32 Å². The second kappa shape index (κ2) is 5.15. The molecular weight excluding hydrogens is 204 g/mol. The molecule has 3 unspecified atom stereocenters. The number of likely N-dealkylation sites (tertiary alicyclic amines) is 1. The van der Waals surface area contributed by atoms with Crippen LogP contribution in [0, 0.1) is 11.8 Å². The van der Waals surface area contributed by atoms with Crippen LogP contribution in [0.15, 0.2) is 0 Å². The zero-order valence-corrected chi connectivity index (χ0v) is 9.98. The first kappa shape index (κ1) is 11.9. The lowest BCUT2D eigenvalue weighted by Crippen LogP contribution is -2.46. The summed E-state index contributed by atoms with van der Waals surface area (Å²) in [7, 11) is 0. The van der Waals surface area contributed by atoms with Gasteiger partial charge in [0.05, 0.1) is 6.10 Å². The van der Waals surface area contributed by atoms with Gasteiger partial charge in [0.15, 0.2) is 0 Å². The Hall–Kier alpha value is -0.610. The topological polar surface area (TPSA) is 52.6 Å². The zero-order chi connectivity index (χ0) is 11.5. The van der Waals surface area contributed by atoms with E-state index in [1.54, 1.807) is 0 Å². The summed E-state index contributed by atoms with van der Waals surface area (Å²) in [6.07, 6.45) is 2.35. The van der Waals surface area contributed by atoms with Crippen molar-refractivity contribution >= 4 is 5.91 Å². The van der Waals surface area contributed by atoms with Crippen molar-refractivity contribution in [1.82, 2.24) is 10.2 Å². The fourth-order valence-electron chi connectivity index (χ4n) is 2.54. The molecule has 0 spiro atoms. The lowest BCUT2D eigenvalue weighted by Gasteiger charge is -2.34. The maximum Gasteiger partial charge on any atom is 0.222 e. The number of β-amino-alcohol motifs (C(OH)–C–C–N with tert-alkyl or cyclic N) is 1. The third-order valence-electron chi connectivity index (χ3n) is 3.90. The number of carbonyl (C=O) groups is 1. The Morgan fingerprint density at radius 2 is 2.31 bits per heavy atom. The minimum atomic E-state index is -0.334. The van der Waals surface area contributed by atoms with E-state index < -0.39 is 0 Å². The van der Waals surface area contributed by atoms with Crippen molar-refractivity contribution in [2.24, 2.45) is 11.8 Å². The van der Waals surface area contributed by atoms with Crippen molar-refractivity contribution in [2.75, 3.05) is 26.2 Å². The van der Waals surface area contributed by atoms with Crippen LogP contribution >= 0.6 is 0 Å². The van der Waals surface area contributed by atoms with Gasteiger partial charge in [-0.15, -0.1) is 0 Å². The molecule has 3 atom stereocenters. The van der Waals surface area contributed by atoms with Crippen molar-refractivity contribution in [1.29, 1.82) is 0 Å². The smallest absolute Gasteiger partial charge is 0.222 e. The number of nitrogens with zero attached hydrogens (tertiary/aromatic N) is 1. The number of piperidine rings is 1. The zero-order valence-electron chi connectivity index (χ0n) is 9.98. The van der Waals surface area contributed by atoms with Crippen LogP contribution in [0.2, 0.25) is 0 Å². The van der Waals surface area contributed by atoms with Gasteiger partial charge in [-0.05, 0) is 37.8 Å². The first-order valence-corrected chi connectivity index (χ1v) is 6.33. The largest absolute Gasteiger partial charge is 0.391 e. The third kappa shape index (κ3) is 2.74. The van der Waals surface area contributed by atoms with Crippen LogP contribution in [0.1, 0.15) is 26.2 Å². The molecule has 2 fully saturated rings. The summed E-state index contributed by atoms with van der Waals surface area (Å²) in [6.45, 7) is 5.40. The molecule has 2 saturated heterocycles. The molecule has 0 aliphatic carbocycles. The molecule has 2 heterocycles. The Labute approximate surface area is 97.0 Å². The predicted octanol–water partition coefficient (Wildman–Crippen LogP) is 0.215. The fourth-order valence-corrected chi connectivity index (χ4v) is 2.54. The van der Waals surface area contributed by atoms with E-state index in [0.29, 0.717) is 24.8 Å². The van der Waals surface area contributed by atoms with Gasteiger partial charge in [-0.1, -0.05) is 6.92 Å². The highest BCUT2D eigenvalue weighted by Gasteiger charge is 2.28. The molecular formula is C12H22N2O2. The van der Waals surface area contributed by atoms with Gasteiger partial charge in [0, 0.05) is 19.5 Å². The molecule has 0 aromatic rings. The van der Waals surface area contributed by atoms with E-state index in [0.717, 1.165) is 32.5 Å². The molecule has 2 aliphatic heterocycles. The van der Waals surface area contributed by atoms with Gasteiger partial charge >= 0.3 is 0 Å². The van der Waals surface area contributed by atoms with Crippen molar-refractivity contribution < 1.29 is 9.90 Å². The van der Waals surface area contributed by atoms with Crippen LogP contribution in [0.5, 0.6) is 0 Å². The molecule has 2 rings (SSSR count). The molecule has 0 aromatic heterocycles. The number of aliphatic hydroxyl groups excluding tert-OH is 1. The maximum absolute atomic E-state index is 12.0. The van der Waals surface area contributed by atoms with Crippen LogP contribution in [-0.4, -0.2) is 48.2 Å². The summed E-state index contributed by atoms with van der Waals surface area (Å²) >= 11 is 0. The maximum atomic E-state index is 12.0. The van der Waals surface area contributed by atoms with Crippen molar-refractivity contribution in [2.45, 2.75) is 32.3 Å². The van der Waals surface area contributed by atoms with Gasteiger partial charge in [-0.25, -0.2) is 0 Å². The number of aliphatic hydroxyl groups is 1. The number of rotatable bonds is 2. The summed E-state index contributed by atoms with van der Waals surface area (Å²) in [4.78, 5) is 13.8. The minimum absolute atomic E-state index is 0.222. The third-order valence-corrected chi connectivity index (χ3v) is 3.90. The molecule has 2 aliphatic rings. The summed E-state index contributed by atoms with van der Waals surface area (Å²) in [5, 5.41) is 13.0. The summed E-state index contributed by atoms with van der Waals surface area (Å²) in [5.74, 6) is 1.06. The Kier molecular flexibility index (Phi) is 3.82. The molecule has 0 saturated carbocycles. The van der Waals surface area contributed by atoms with E-state index in [9.17, 15) is 9.90 Å². The van der Waals surface area contributed by atoms with Gasteiger partial charge in [0.25, 0.3) is 0 Å². The van der Waals surface area contributed by atoms with Gasteiger partial charge in [-0.3, -0.25) is 4.79 Å². The average molecular weight is 226 g/mol. The Bertz CT molecular complexity index is 251. The monoisotopic (exact) mass is 226 g/mol. The first-order valence-electron chi connectivity index (χ1n) is 6.33. The molecule has 0 bridgehead atoms. The quantitative estimate of drug-likeness (QED) is 0.708. The number of carbonyl (C=O) groups excluding carboxylic acids is 1. The molecule has 0 radical (unpaired) electrons. The predicted molar refractivity (Wildman–Crippen MR) is 62.0 cm³/mol. The van der Waals surface area contributed by atoms with Crippen LogP contribution in [-0.2, 0) is 4.79 Å². The molecule has 0 aromatic carbocycles. The Balaban J connectivity index is 1.80. The Morgan fingerprint density at radius 1 is 1.50 bits per heavy atom. The molecule has 92 valence electrons. The van der Waals surface area contributed by atoms with E-state index >= 15 is 0 Å². The van der Waals surface area contributed by atoms with Crippen molar-refractivity contribution in [3.8, 4) is 0 Å². The highest BCUT2D eigenvalue weighted by atomic mass is 16.3. The standard InChI is InChI=1S/C12H22N2O2/c1-9-3-5-14(8-11(9)15)12(16)6-10-2-4-13-7-10/h9-11,13,15H,2-8H2,1H3. The Morgan fingerprint density at radius 3 is 2.94 bits per heavy atom. The minimum Gasteiger partial charge on any atom is -0.391 e. The van der Waals surface area contributed by atoms with E-state index in [4.69, 9.17) is 0 Å². The molecule has 2 N–H and O–H groups in total. The van der Waals surface area contributed by atoms with Crippen molar-refractivity contribution in [3.63, 3.8) is 0 Å². The lowest BCUT2D eigenvalue weighted by atomic mass is 9.95. The van der Waals surface area contributed by atoms with E-state index in [2.05, 4.69) is 5.32 Å². The highest BCUT2D eigenvalue weighted by Crippen LogP contribution is 2.20. The molecule has 1 amide bonds. The van der Waals surface area contributed by atoms with Gasteiger partial charge < -0.3 is 15.3 Å². The summed E-state index contributed by atoms with van der Waals surface area (Å²) in [5.41, 5.74) is 0. The molecule has 4 nitrogen and oxygen atoms in total. The SMILES string of the molecule is CC1CCN(C(=O)CC2CCNC2)CC1O. The highest BCUT2D eigenvalue weighted by molar-refractivity contribution is 5.76. The van der Waals surface area contributed by atoms with Crippen LogP contribution in [0.4, 0.5) is 0 Å². The second-order valence-corrected chi connectivity index (χ2v) is 5.24. The van der Waals surface area contributed by atoms with Crippen molar-refractivity contribution in [3.05, 3.63) is 0 Å². The normalized spacial score (nSPS) is 35.4. The van der Waals surface area contributed by atoms with Gasteiger partial charge in [-0.2, -0.15) is 0 Å². The van der Waals surface area contributed by atoms with Gasteiger partial charge in [0.2, 0.25) is 5.91 Å². The molecule has 4 heteroatoms. The van der Waals surface area contributed by atoms with Crippen LogP contribution in [0.25, 0.3) is 0 Å². The number of hydrogen-bond donors (Lipinski definition) is 2. The summed E-state index contributed by atoms with van der Waals surface area (Å²) in [6, 6.07) is 0. The second-order valence-electron chi connectivity index (χ2n) is 5.24. The number of nitrogens with one attached hydrogen (secondary N) is 1. The van der Waals surface area contributed by atoms with E-state index in [-0.39, 0.29) is 12.0 Å². The van der Waals surface area contributed by atoms with E-state index in [1.165, 1.54) is 0 Å². The average Bonchev–Trinajstić information content (AvgIpc) is 2.74. The van der Waals surface area contributed by atoms with Crippen LogP contribution in [0.3, 0.4) is 0 Å². The number of hydrogen-bond acceptors (Lipinski definition) is 3.